The standard InChI is InChI=1S/C17H13BrF3NO2/c1-10-16(23)22(9-11-5-3-2-4-6-11)14-7-12(17(19,20)21)13(18)8-15(14)24-10/h2-8,10H,9H2,1H3/t10-/m1/s1. The van der Waals surface area contributed by atoms with Crippen molar-refractivity contribution in [1.29, 1.82) is 0 Å². The van der Waals surface area contributed by atoms with Gasteiger partial charge >= 0.3 is 6.18 Å². The van der Waals surface area contributed by atoms with E-state index in [1.165, 1.54) is 11.0 Å². The number of halogens is 4. The number of fused-ring (bicyclic) bond motifs is 1. The maximum absolute atomic E-state index is 13.2. The van der Waals surface area contributed by atoms with E-state index >= 15 is 0 Å². The summed E-state index contributed by atoms with van der Waals surface area (Å²) in [4.78, 5) is 13.8. The van der Waals surface area contributed by atoms with Crippen molar-refractivity contribution in [3.05, 3.63) is 58.1 Å². The topological polar surface area (TPSA) is 29.5 Å². The van der Waals surface area contributed by atoms with Crippen LogP contribution in [-0.2, 0) is 17.5 Å². The number of nitrogens with zero attached hydrogens (tertiary/aromatic N) is 1. The second kappa shape index (κ2) is 6.12. The summed E-state index contributed by atoms with van der Waals surface area (Å²) in [6.07, 6.45) is -5.29. The quantitative estimate of drug-likeness (QED) is 0.726. The summed E-state index contributed by atoms with van der Waals surface area (Å²) < 4.78 is 44.9. The van der Waals surface area contributed by atoms with Crippen LogP contribution in [0.3, 0.4) is 0 Å². The molecule has 2 aromatic rings. The lowest BCUT2D eigenvalue weighted by Gasteiger charge is -2.34. The Bertz CT molecular complexity index is 777. The van der Waals surface area contributed by atoms with E-state index in [0.717, 1.165) is 11.6 Å². The number of carbonyl (C=O) groups is 1. The predicted octanol–water partition coefficient (Wildman–Crippen LogP) is 4.78. The highest BCUT2D eigenvalue weighted by Gasteiger charge is 2.38. The number of hydrogen-bond acceptors (Lipinski definition) is 2. The fourth-order valence-corrected chi connectivity index (χ4v) is 3.12. The van der Waals surface area contributed by atoms with E-state index in [-0.39, 0.29) is 28.4 Å². The van der Waals surface area contributed by atoms with Crippen LogP contribution in [0.15, 0.2) is 46.9 Å². The number of benzene rings is 2. The normalized spacial score (nSPS) is 17.5. The highest BCUT2D eigenvalue weighted by molar-refractivity contribution is 9.10. The van der Waals surface area contributed by atoms with Crippen molar-refractivity contribution in [2.45, 2.75) is 25.7 Å². The van der Waals surface area contributed by atoms with Gasteiger partial charge in [0.05, 0.1) is 17.8 Å². The van der Waals surface area contributed by atoms with Gasteiger partial charge < -0.3 is 9.64 Å². The van der Waals surface area contributed by atoms with Gasteiger partial charge in [-0.2, -0.15) is 13.2 Å². The number of ether oxygens (including phenoxy) is 1. The number of amides is 1. The Morgan fingerprint density at radius 1 is 1.21 bits per heavy atom. The van der Waals surface area contributed by atoms with Crippen molar-refractivity contribution < 1.29 is 22.7 Å². The molecule has 3 nitrogen and oxygen atoms in total. The molecule has 2 aromatic carbocycles. The molecule has 1 amide bonds. The molecule has 0 N–H and O–H groups in total. The van der Waals surface area contributed by atoms with Gasteiger partial charge in [-0.1, -0.05) is 46.3 Å². The van der Waals surface area contributed by atoms with Crippen LogP contribution in [0.2, 0.25) is 0 Å². The van der Waals surface area contributed by atoms with E-state index in [1.54, 1.807) is 6.92 Å². The molecule has 7 heteroatoms. The first-order valence-electron chi connectivity index (χ1n) is 7.20. The highest BCUT2D eigenvalue weighted by atomic mass is 79.9. The van der Waals surface area contributed by atoms with Gasteiger partial charge in [-0.3, -0.25) is 4.79 Å². The van der Waals surface area contributed by atoms with Gasteiger partial charge in [-0.05, 0) is 24.6 Å². The Morgan fingerprint density at radius 2 is 1.88 bits per heavy atom. The third kappa shape index (κ3) is 3.13. The molecule has 0 saturated heterocycles. The van der Waals surface area contributed by atoms with E-state index in [4.69, 9.17) is 4.74 Å². The zero-order valence-electron chi connectivity index (χ0n) is 12.6. The fourth-order valence-electron chi connectivity index (χ4n) is 2.57. The first kappa shape index (κ1) is 16.8. The Kier molecular flexibility index (Phi) is 4.29. The zero-order chi connectivity index (χ0) is 17.5. The van der Waals surface area contributed by atoms with E-state index in [0.29, 0.717) is 0 Å². The first-order valence-corrected chi connectivity index (χ1v) is 7.99. The number of rotatable bonds is 2. The maximum atomic E-state index is 13.2. The molecule has 1 heterocycles. The third-order valence-corrected chi connectivity index (χ3v) is 4.40. The average molecular weight is 400 g/mol. The van der Waals surface area contributed by atoms with Gasteiger partial charge in [-0.25, -0.2) is 0 Å². The predicted molar refractivity (Wildman–Crippen MR) is 86.9 cm³/mol. The highest BCUT2D eigenvalue weighted by Crippen LogP contribution is 2.44. The van der Waals surface area contributed by atoms with Crippen LogP contribution in [0.4, 0.5) is 18.9 Å². The van der Waals surface area contributed by atoms with Gasteiger partial charge in [0.15, 0.2) is 6.10 Å². The third-order valence-electron chi connectivity index (χ3n) is 3.75. The molecular weight excluding hydrogens is 387 g/mol. The molecular formula is C17H13BrF3NO2. The summed E-state index contributed by atoms with van der Waals surface area (Å²) in [5, 5.41) is 0. The summed E-state index contributed by atoms with van der Waals surface area (Å²) >= 11 is 2.93. The van der Waals surface area contributed by atoms with Crippen molar-refractivity contribution in [2.75, 3.05) is 4.90 Å². The average Bonchev–Trinajstić information content (AvgIpc) is 2.51. The van der Waals surface area contributed by atoms with Crippen LogP contribution in [0.25, 0.3) is 0 Å². The molecule has 24 heavy (non-hydrogen) atoms. The van der Waals surface area contributed by atoms with Gasteiger partial charge in [0.25, 0.3) is 5.91 Å². The number of carbonyl (C=O) groups excluding carboxylic acids is 1. The van der Waals surface area contributed by atoms with Gasteiger partial charge in [0.1, 0.15) is 5.75 Å². The Hall–Kier alpha value is -2.02. The molecule has 0 fully saturated rings. The molecule has 0 unspecified atom stereocenters. The first-order chi connectivity index (χ1) is 11.3. The monoisotopic (exact) mass is 399 g/mol. The van der Waals surface area contributed by atoms with Gasteiger partial charge in [0, 0.05) is 4.47 Å². The van der Waals surface area contributed by atoms with E-state index in [9.17, 15) is 18.0 Å². The smallest absolute Gasteiger partial charge is 0.417 e. The molecule has 0 spiro atoms. The van der Waals surface area contributed by atoms with E-state index in [1.807, 2.05) is 30.3 Å². The van der Waals surface area contributed by atoms with Crippen LogP contribution in [0.5, 0.6) is 5.75 Å². The number of hydrogen-bond donors (Lipinski definition) is 0. The SMILES string of the molecule is C[C@H]1Oc2cc(Br)c(C(F)(F)F)cc2N(Cc2ccccc2)C1=O. The molecule has 0 radical (unpaired) electrons. The molecule has 1 aliphatic heterocycles. The summed E-state index contributed by atoms with van der Waals surface area (Å²) in [5.74, 6) is -0.125. The van der Waals surface area contributed by atoms with Crippen LogP contribution in [0, 0.1) is 0 Å². The van der Waals surface area contributed by atoms with Crippen molar-refractivity contribution in [1.82, 2.24) is 0 Å². The maximum Gasteiger partial charge on any atom is 0.417 e. The van der Waals surface area contributed by atoms with Gasteiger partial charge in [-0.15, -0.1) is 0 Å². The molecule has 0 aromatic heterocycles. The lowest BCUT2D eigenvalue weighted by molar-refractivity contribution is -0.138. The Balaban J connectivity index is 2.09. The van der Waals surface area contributed by atoms with E-state index < -0.39 is 17.8 Å². The molecule has 1 aliphatic rings. The van der Waals surface area contributed by atoms with Crippen LogP contribution in [0.1, 0.15) is 18.1 Å². The summed E-state index contributed by atoms with van der Waals surface area (Å²) in [6, 6.07) is 11.3. The molecule has 126 valence electrons. The second-order valence-electron chi connectivity index (χ2n) is 5.47. The van der Waals surface area contributed by atoms with Crippen LogP contribution in [-0.4, -0.2) is 12.0 Å². The van der Waals surface area contributed by atoms with Crippen molar-refractivity contribution in [3.63, 3.8) is 0 Å². The lowest BCUT2D eigenvalue weighted by atomic mass is 10.1. The summed E-state index contributed by atoms with van der Waals surface area (Å²) in [6.45, 7) is 1.76. The number of alkyl halides is 3. The Morgan fingerprint density at radius 3 is 2.50 bits per heavy atom. The molecule has 0 saturated carbocycles. The fraction of sp³-hybridized carbons (Fsp3) is 0.235. The second-order valence-corrected chi connectivity index (χ2v) is 6.32. The van der Waals surface area contributed by atoms with Crippen LogP contribution < -0.4 is 9.64 Å². The number of anilines is 1. The lowest BCUT2D eigenvalue weighted by Crippen LogP contribution is -2.44. The minimum absolute atomic E-state index is 0.116. The van der Waals surface area contributed by atoms with Crippen molar-refractivity contribution in [2.24, 2.45) is 0 Å². The van der Waals surface area contributed by atoms with Crippen molar-refractivity contribution in [3.8, 4) is 5.75 Å². The van der Waals surface area contributed by atoms with Gasteiger partial charge in [0.2, 0.25) is 0 Å². The summed E-state index contributed by atoms with van der Waals surface area (Å²) in [5.41, 5.74) is 0.102. The molecule has 1 atom stereocenters. The van der Waals surface area contributed by atoms with Crippen molar-refractivity contribution >= 4 is 27.5 Å². The molecule has 3 rings (SSSR count). The molecule has 0 aliphatic carbocycles. The largest absolute Gasteiger partial charge is 0.479 e. The Labute approximate surface area is 145 Å². The molecule has 0 bridgehead atoms. The minimum atomic E-state index is -4.53. The summed E-state index contributed by atoms with van der Waals surface area (Å²) in [7, 11) is 0. The van der Waals surface area contributed by atoms with E-state index in [2.05, 4.69) is 15.9 Å². The minimum Gasteiger partial charge on any atom is -0.479 e. The zero-order valence-corrected chi connectivity index (χ0v) is 14.2. The van der Waals surface area contributed by atoms with Crippen LogP contribution >= 0.6 is 15.9 Å².